The standard InChI is InChI=1S/C16H19Cl2N3O3/c17-10-8-12(14(22)13(18)9-10)15(23)20-4-6-21(7-5-20)16(24)19-11-2-1-3-11/h8-9,11,22H,1-7H2,(H,19,24). The van der Waals surface area contributed by atoms with Crippen LogP contribution in [-0.4, -0.2) is 59.1 Å². The molecule has 0 unspecified atom stereocenters. The molecule has 3 amide bonds. The highest BCUT2D eigenvalue weighted by molar-refractivity contribution is 6.36. The summed E-state index contributed by atoms with van der Waals surface area (Å²) in [6, 6.07) is 3.02. The van der Waals surface area contributed by atoms with Gasteiger partial charge in [0.15, 0.2) is 0 Å². The molecule has 1 aliphatic heterocycles. The Morgan fingerprint density at radius 1 is 1.08 bits per heavy atom. The van der Waals surface area contributed by atoms with Gasteiger partial charge in [0.05, 0.1) is 10.6 Å². The van der Waals surface area contributed by atoms with Gasteiger partial charge in [0.2, 0.25) is 0 Å². The lowest BCUT2D eigenvalue weighted by atomic mass is 9.93. The third-order valence-electron chi connectivity index (χ3n) is 4.55. The maximum absolute atomic E-state index is 12.6. The van der Waals surface area contributed by atoms with E-state index in [1.165, 1.54) is 18.6 Å². The summed E-state index contributed by atoms with van der Waals surface area (Å²) in [5, 5.41) is 13.3. The average Bonchev–Trinajstić information content (AvgIpc) is 2.53. The van der Waals surface area contributed by atoms with Crippen LogP contribution in [0.25, 0.3) is 0 Å². The van der Waals surface area contributed by atoms with Crippen LogP contribution < -0.4 is 5.32 Å². The van der Waals surface area contributed by atoms with Gasteiger partial charge in [-0.15, -0.1) is 0 Å². The SMILES string of the molecule is O=C(NC1CCC1)N1CCN(C(=O)c2cc(Cl)cc(Cl)c2O)CC1. The van der Waals surface area contributed by atoms with Crippen LogP contribution in [0.5, 0.6) is 5.75 Å². The second-order valence-corrected chi connectivity index (χ2v) is 6.98. The first-order valence-electron chi connectivity index (χ1n) is 7.98. The van der Waals surface area contributed by atoms with E-state index >= 15 is 0 Å². The highest BCUT2D eigenvalue weighted by Crippen LogP contribution is 2.32. The molecule has 1 aromatic rings. The van der Waals surface area contributed by atoms with E-state index in [1.807, 2.05) is 0 Å². The first-order valence-corrected chi connectivity index (χ1v) is 8.74. The van der Waals surface area contributed by atoms with Gasteiger partial charge in [-0.2, -0.15) is 0 Å². The molecule has 2 N–H and O–H groups in total. The van der Waals surface area contributed by atoms with Gasteiger partial charge in [-0.3, -0.25) is 4.79 Å². The monoisotopic (exact) mass is 371 g/mol. The molecule has 0 atom stereocenters. The molecule has 2 fully saturated rings. The third kappa shape index (κ3) is 3.54. The number of urea groups is 1. The molecule has 8 heteroatoms. The molecule has 0 aromatic heterocycles. The van der Waals surface area contributed by atoms with E-state index in [-0.39, 0.29) is 28.3 Å². The Morgan fingerprint density at radius 3 is 2.29 bits per heavy atom. The van der Waals surface area contributed by atoms with Crippen LogP contribution in [0.3, 0.4) is 0 Å². The molecule has 130 valence electrons. The number of phenols is 1. The fourth-order valence-electron chi connectivity index (χ4n) is 2.83. The van der Waals surface area contributed by atoms with Crippen molar-refractivity contribution >= 4 is 35.1 Å². The zero-order valence-electron chi connectivity index (χ0n) is 13.1. The molecule has 1 aliphatic carbocycles. The molecule has 6 nitrogen and oxygen atoms in total. The molecule has 0 bridgehead atoms. The van der Waals surface area contributed by atoms with Gasteiger partial charge in [-0.1, -0.05) is 23.2 Å². The number of nitrogens with one attached hydrogen (secondary N) is 1. The molecule has 1 heterocycles. The van der Waals surface area contributed by atoms with Crippen molar-refractivity contribution in [3.63, 3.8) is 0 Å². The molecule has 1 saturated carbocycles. The Hall–Kier alpha value is -1.66. The Bertz CT molecular complexity index is 656. The topological polar surface area (TPSA) is 72.9 Å². The Morgan fingerprint density at radius 2 is 1.71 bits per heavy atom. The summed E-state index contributed by atoms with van der Waals surface area (Å²) in [6.07, 6.45) is 3.25. The Kier molecular flexibility index (Phi) is 5.06. The zero-order valence-corrected chi connectivity index (χ0v) is 14.6. The fourth-order valence-corrected chi connectivity index (χ4v) is 3.32. The van der Waals surface area contributed by atoms with Crippen molar-refractivity contribution in [2.75, 3.05) is 26.2 Å². The van der Waals surface area contributed by atoms with E-state index in [0.29, 0.717) is 37.2 Å². The summed E-state index contributed by atoms with van der Waals surface area (Å²) in [5.74, 6) is -0.604. The van der Waals surface area contributed by atoms with Gasteiger partial charge >= 0.3 is 6.03 Å². The van der Waals surface area contributed by atoms with Crippen molar-refractivity contribution in [2.45, 2.75) is 25.3 Å². The van der Waals surface area contributed by atoms with Crippen molar-refractivity contribution in [3.05, 3.63) is 27.7 Å². The number of benzene rings is 1. The van der Waals surface area contributed by atoms with Crippen LogP contribution in [0.1, 0.15) is 29.6 Å². The van der Waals surface area contributed by atoms with Gasteiger partial charge in [0, 0.05) is 37.2 Å². The largest absolute Gasteiger partial charge is 0.506 e. The van der Waals surface area contributed by atoms with Crippen LogP contribution >= 0.6 is 23.2 Å². The van der Waals surface area contributed by atoms with Gasteiger partial charge in [-0.05, 0) is 31.4 Å². The predicted molar refractivity (Wildman–Crippen MR) is 91.8 cm³/mol. The van der Waals surface area contributed by atoms with E-state index in [1.54, 1.807) is 9.80 Å². The quantitative estimate of drug-likeness (QED) is 0.839. The molecular formula is C16H19Cl2N3O3. The minimum Gasteiger partial charge on any atom is -0.506 e. The number of carbonyl (C=O) groups is 2. The van der Waals surface area contributed by atoms with Gasteiger partial charge in [-0.25, -0.2) is 4.79 Å². The molecule has 0 spiro atoms. The third-order valence-corrected chi connectivity index (χ3v) is 5.05. The van der Waals surface area contributed by atoms with Crippen LogP contribution in [0.4, 0.5) is 4.79 Å². The van der Waals surface area contributed by atoms with Crippen LogP contribution in [0, 0.1) is 0 Å². The summed E-state index contributed by atoms with van der Waals surface area (Å²) >= 11 is 11.8. The minimum absolute atomic E-state index is 0.0457. The summed E-state index contributed by atoms with van der Waals surface area (Å²) in [4.78, 5) is 28.0. The lowest BCUT2D eigenvalue weighted by molar-refractivity contribution is 0.0658. The highest BCUT2D eigenvalue weighted by Gasteiger charge is 2.28. The molecule has 1 saturated heterocycles. The van der Waals surface area contributed by atoms with Gasteiger partial charge in [0.25, 0.3) is 5.91 Å². The molecule has 3 rings (SSSR count). The number of halogens is 2. The highest BCUT2D eigenvalue weighted by atomic mass is 35.5. The van der Waals surface area contributed by atoms with Crippen molar-refractivity contribution in [1.82, 2.24) is 15.1 Å². The first kappa shape index (κ1) is 17.2. The minimum atomic E-state index is -0.337. The number of aromatic hydroxyl groups is 1. The van der Waals surface area contributed by atoms with E-state index in [9.17, 15) is 14.7 Å². The Balaban J connectivity index is 1.60. The number of phenolic OH excluding ortho intramolecular Hbond substituents is 1. The van der Waals surface area contributed by atoms with Crippen molar-refractivity contribution in [2.24, 2.45) is 0 Å². The molecule has 0 radical (unpaired) electrons. The number of piperazine rings is 1. The molecular weight excluding hydrogens is 353 g/mol. The normalized spacial score (nSPS) is 18.2. The second kappa shape index (κ2) is 7.07. The zero-order chi connectivity index (χ0) is 17.3. The maximum Gasteiger partial charge on any atom is 0.317 e. The fraction of sp³-hybridized carbons (Fsp3) is 0.500. The average molecular weight is 372 g/mol. The second-order valence-electron chi connectivity index (χ2n) is 6.14. The number of hydrogen-bond acceptors (Lipinski definition) is 3. The van der Waals surface area contributed by atoms with Gasteiger partial charge in [0.1, 0.15) is 5.75 Å². The summed E-state index contributed by atoms with van der Waals surface area (Å²) < 4.78 is 0. The number of hydrogen-bond donors (Lipinski definition) is 2. The van der Waals surface area contributed by atoms with Crippen LogP contribution in [0.15, 0.2) is 12.1 Å². The summed E-state index contributed by atoms with van der Waals surface area (Å²) in [6.45, 7) is 1.72. The molecule has 24 heavy (non-hydrogen) atoms. The number of nitrogens with zero attached hydrogens (tertiary/aromatic N) is 2. The number of carbonyl (C=O) groups excluding carboxylic acids is 2. The Labute approximate surface area is 150 Å². The van der Waals surface area contributed by atoms with E-state index < -0.39 is 0 Å². The van der Waals surface area contributed by atoms with Gasteiger partial charge < -0.3 is 20.2 Å². The maximum atomic E-state index is 12.6. The molecule has 2 aliphatic rings. The first-order chi connectivity index (χ1) is 11.5. The number of rotatable bonds is 2. The lowest BCUT2D eigenvalue weighted by Gasteiger charge is -2.36. The smallest absolute Gasteiger partial charge is 0.317 e. The lowest BCUT2D eigenvalue weighted by Crippen LogP contribution is -2.55. The van der Waals surface area contributed by atoms with Crippen LogP contribution in [0.2, 0.25) is 10.0 Å². The predicted octanol–water partition coefficient (Wildman–Crippen LogP) is 2.72. The van der Waals surface area contributed by atoms with Crippen molar-refractivity contribution < 1.29 is 14.7 Å². The van der Waals surface area contributed by atoms with Crippen molar-refractivity contribution in [3.8, 4) is 5.75 Å². The van der Waals surface area contributed by atoms with Crippen molar-refractivity contribution in [1.29, 1.82) is 0 Å². The summed E-state index contributed by atoms with van der Waals surface area (Å²) in [7, 11) is 0. The van der Waals surface area contributed by atoms with E-state index in [4.69, 9.17) is 23.2 Å². The van der Waals surface area contributed by atoms with Crippen LogP contribution in [-0.2, 0) is 0 Å². The molecule has 1 aromatic carbocycles. The van der Waals surface area contributed by atoms with E-state index in [2.05, 4.69) is 5.32 Å². The number of amides is 3. The van der Waals surface area contributed by atoms with E-state index in [0.717, 1.165) is 12.8 Å². The summed E-state index contributed by atoms with van der Waals surface area (Å²) in [5.41, 5.74) is 0.0832.